The molecule has 0 saturated heterocycles. The summed E-state index contributed by atoms with van der Waals surface area (Å²) >= 11 is 0. The van der Waals surface area contributed by atoms with Crippen molar-refractivity contribution in [1.82, 2.24) is 0 Å². The third-order valence-corrected chi connectivity index (χ3v) is 1.62. The Balaban J connectivity index is 5.14. The van der Waals surface area contributed by atoms with Crippen molar-refractivity contribution in [2.75, 3.05) is 0 Å². The molecule has 2 nitrogen and oxygen atoms in total. The Labute approximate surface area is 82.1 Å². The normalized spacial score (nSPS) is 16.3. The van der Waals surface area contributed by atoms with Crippen LogP contribution in [-0.2, 0) is 4.79 Å². The van der Waals surface area contributed by atoms with Gasteiger partial charge in [0.25, 0.3) is 0 Å². The van der Waals surface area contributed by atoms with Crippen molar-refractivity contribution < 1.29 is 11.3 Å². The molecule has 0 aromatic rings. The second kappa shape index (κ2) is 3.52. The van der Waals surface area contributed by atoms with Crippen molar-refractivity contribution in [2.24, 2.45) is 10.8 Å². The van der Waals surface area contributed by atoms with E-state index in [1.807, 2.05) is 0 Å². The number of hydrogen-bond donors (Lipinski definition) is 1. The van der Waals surface area contributed by atoms with E-state index < -0.39 is 10.8 Å². The van der Waals surface area contributed by atoms with E-state index in [4.69, 9.17) is 1.37 Å². The zero-order chi connectivity index (χ0) is 11.7. The van der Waals surface area contributed by atoms with Crippen LogP contribution in [0.15, 0.2) is 11.8 Å². The van der Waals surface area contributed by atoms with Crippen LogP contribution in [0.2, 0.25) is 0 Å². The summed E-state index contributed by atoms with van der Waals surface area (Å²) in [5.74, 6) is -0.470. The molecule has 0 atom stereocenters. The summed E-state index contributed by atoms with van der Waals surface area (Å²) < 4.78 is 7.58. The lowest BCUT2D eigenvalue weighted by Crippen LogP contribution is -2.20. The standard InChI is InChI=1S/C11H20O2/c1-10(2,3)8(12)7-9(13)11(4,5)6/h7,12H,1-6H3/b8-7-/i7D. The Morgan fingerprint density at radius 1 is 1.15 bits per heavy atom. The van der Waals surface area contributed by atoms with E-state index in [2.05, 4.69) is 0 Å². The van der Waals surface area contributed by atoms with Crippen LogP contribution in [0.5, 0.6) is 0 Å². The van der Waals surface area contributed by atoms with Crippen molar-refractivity contribution in [3.05, 3.63) is 11.8 Å². The summed E-state index contributed by atoms with van der Waals surface area (Å²) in [5.41, 5.74) is -1.16. The van der Waals surface area contributed by atoms with E-state index in [0.29, 0.717) is 0 Å². The van der Waals surface area contributed by atoms with E-state index in [1.54, 1.807) is 41.5 Å². The summed E-state index contributed by atoms with van der Waals surface area (Å²) in [4.78, 5) is 11.6. The SMILES string of the molecule is [2H]/C(C(=O)C(C)(C)C)=C(/O)C(C)(C)C. The first-order valence-corrected chi connectivity index (χ1v) is 4.43. The van der Waals surface area contributed by atoms with E-state index in [0.717, 1.165) is 0 Å². The van der Waals surface area contributed by atoms with Crippen LogP contribution in [0, 0.1) is 10.8 Å². The van der Waals surface area contributed by atoms with Gasteiger partial charge in [-0.05, 0) is 0 Å². The van der Waals surface area contributed by atoms with Crippen molar-refractivity contribution in [3.63, 3.8) is 0 Å². The fraction of sp³-hybridized carbons (Fsp3) is 0.727. The maximum atomic E-state index is 11.6. The van der Waals surface area contributed by atoms with Crippen molar-refractivity contribution in [2.45, 2.75) is 41.5 Å². The summed E-state index contributed by atoms with van der Waals surface area (Å²) in [5, 5.41) is 9.66. The van der Waals surface area contributed by atoms with Gasteiger partial charge in [-0.2, -0.15) is 0 Å². The Morgan fingerprint density at radius 2 is 1.54 bits per heavy atom. The maximum Gasteiger partial charge on any atom is 0.164 e. The van der Waals surface area contributed by atoms with Gasteiger partial charge in [0, 0.05) is 16.9 Å². The van der Waals surface area contributed by atoms with E-state index in [9.17, 15) is 9.90 Å². The molecule has 0 aliphatic carbocycles. The van der Waals surface area contributed by atoms with Gasteiger partial charge < -0.3 is 5.11 Å². The molecule has 13 heavy (non-hydrogen) atoms. The van der Waals surface area contributed by atoms with Gasteiger partial charge in [-0.25, -0.2) is 0 Å². The first-order valence-electron chi connectivity index (χ1n) is 4.93. The molecule has 0 bridgehead atoms. The minimum Gasteiger partial charge on any atom is -0.512 e. The zero-order valence-electron chi connectivity index (χ0n) is 10.4. The number of carbonyl (C=O) groups excluding carboxylic acids is 1. The number of carbonyl (C=O) groups is 1. The summed E-state index contributed by atoms with van der Waals surface area (Å²) in [6, 6.07) is -0.273. The average molecular weight is 185 g/mol. The molecule has 1 N–H and O–H groups in total. The molecule has 0 aromatic heterocycles. The molecule has 0 fully saturated rings. The van der Waals surface area contributed by atoms with Crippen LogP contribution in [-0.4, -0.2) is 10.9 Å². The highest BCUT2D eigenvalue weighted by Crippen LogP contribution is 2.24. The number of rotatable bonds is 1. The minimum atomic E-state index is -0.615. The lowest BCUT2D eigenvalue weighted by molar-refractivity contribution is -0.121. The highest BCUT2D eigenvalue weighted by atomic mass is 16.3. The predicted molar refractivity (Wildman–Crippen MR) is 54.6 cm³/mol. The number of ketones is 1. The van der Waals surface area contributed by atoms with Gasteiger partial charge in [0.05, 0.1) is 1.37 Å². The number of aliphatic hydroxyl groups excluding tert-OH is 1. The van der Waals surface area contributed by atoms with Crippen LogP contribution >= 0.6 is 0 Å². The first kappa shape index (κ1) is 10.3. The highest BCUT2D eigenvalue weighted by Gasteiger charge is 2.23. The monoisotopic (exact) mass is 185 g/mol. The zero-order valence-corrected chi connectivity index (χ0v) is 9.36. The average Bonchev–Trinajstić information content (AvgIpc) is 1.97. The molecule has 0 saturated carbocycles. The van der Waals surface area contributed by atoms with Gasteiger partial charge in [0.1, 0.15) is 5.76 Å². The molecule has 0 unspecified atom stereocenters. The molecular formula is C11H20O2. The smallest absolute Gasteiger partial charge is 0.164 e. The van der Waals surface area contributed by atoms with E-state index in [-0.39, 0.29) is 17.6 Å². The summed E-state index contributed by atoms with van der Waals surface area (Å²) in [6.07, 6.45) is 0. The molecule has 2 heteroatoms. The van der Waals surface area contributed by atoms with Crippen LogP contribution in [0.25, 0.3) is 0 Å². The second-order valence-electron chi connectivity index (χ2n) is 5.30. The summed E-state index contributed by atoms with van der Waals surface area (Å²) in [6.45, 7) is 10.5. The molecule has 0 aliphatic heterocycles. The van der Waals surface area contributed by atoms with Gasteiger partial charge in [0.15, 0.2) is 5.78 Å². The molecule has 0 aromatic carbocycles. The van der Waals surface area contributed by atoms with Crippen LogP contribution < -0.4 is 0 Å². The van der Waals surface area contributed by atoms with Gasteiger partial charge in [-0.15, -0.1) is 0 Å². The molecule has 76 valence electrons. The highest BCUT2D eigenvalue weighted by molar-refractivity contribution is 5.94. The maximum absolute atomic E-state index is 11.6. The first-order chi connectivity index (χ1) is 5.98. The number of hydrogen-bond acceptors (Lipinski definition) is 2. The molecule has 0 heterocycles. The third kappa shape index (κ3) is 4.11. The molecule has 0 aliphatic rings. The van der Waals surface area contributed by atoms with Crippen molar-refractivity contribution in [3.8, 4) is 0 Å². The lowest BCUT2D eigenvalue weighted by atomic mass is 9.87. The number of aliphatic hydroxyl groups is 1. The van der Waals surface area contributed by atoms with Crippen LogP contribution in [0.4, 0.5) is 0 Å². The fourth-order valence-corrected chi connectivity index (χ4v) is 0.483. The van der Waals surface area contributed by atoms with Crippen LogP contribution in [0.1, 0.15) is 42.9 Å². The Bertz CT molecular complexity index is 264. The predicted octanol–water partition coefficient (Wildman–Crippen LogP) is 3.09. The van der Waals surface area contributed by atoms with Crippen LogP contribution in [0.3, 0.4) is 0 Å². The second-order valence-corrected chi connectivity index (χ2v) is 5.30. The fourth-order valence-electron chi connectivity index (χ4n) is 0.483. The lowest BCUT2D eigenvalue weighted by Gasteiger charge is -2.19. The van der Waals surface area contributed by atoms with Crippen molar-refractivity contribution >= 4 is 5.78 Å². The topological polar surface area (TPSA) is 37.3 Å². The van der Waals surface area contributed by atoms with Gasteiger partial charge in [0.2, 0.25) is 0 Å². The third-order valence-electron chi connectivity index (χ3n) is 1.62. The largest absolute Gasteiger partial charge is 0.512 e. The van der Waals surface area contributed by atoms with Gasteiger partial charge in [-0.3, -0.25) is 4.79 Å². The molecule has 0 spiro atoms. The molecule has 0 rings (SSSR count). The van der Waals surface area contributed by atoms with E-state index >= 15 is 0 Å². The minimum absolute atomic E-state index is 0.141. The van der Waals surface area contributed by atoms with Gasteiger partial charge in [-0.1, -0.05) is 41.5 Å². The molecular weight excluding hydrogens is 164 g/mol. The van der Waals surface area contributed by atoms with Gasteiger partial charge >= 0.3 is 0 Å². The Morgan fingerprint density at radius 3 is 1.77 bits per heavy atom. The van der Waals surface area contributed by atoms with E-state index in [1.165, 1.54) is 0 Å². The summed E-state index contributed by atoms with van der Waals surface area (Å²) in [7, 11) is 0. The van der Waals surface area contributed by atoms with Crippen molar-refractivity contribution in [1.29, 1.82) is 0 Å². The molecule has 0 radical (unpaired) electrons. The quantitative estimate of drug-likeness (QED) is 0.503. The number of allylic oxidation sites excluding steroid dienone is 2. The Hall–Kier alpha value is -0.790. The molecule has 0 amide bonds. The Kier molecular flexibility index (Phi) is 2.79.